The number of benzene rings is 1. The van der Waals surface area contributed by atoms with E-state index < -0.39 is 0 Å². The van der Waals surface area contributed by atoms with E-state index in [0.29, 0.717) is 52.7 Å². The quantitative estimate of drug-likeness (QED) is 0.560. The van der Waals surface area contributed by atoms with E-state index in [4.69, 9.17) is 30.4 Å². The van der Waals surface area contributed by atoms with E-state index in [-0.39, 0.29) is 0 Å². The van der Waals surface area contributed by atoms with Gasteiger partial charge in [0.1, 0.15) is 24.7 Å². The SMILES string of the molecule is Cc1cc(OCCOCCN)c(C)cc1OCCOCCN. The minimum Gasteiger partial charge on any atom is -0.491 e. The molecule has 6 heteroatoms. The van der Waals surface area contributed by atoms with Gasteiger partial charge < -0.3 is 30.4 Å². The van der Waals surface area contributed by atoms with Crippen LogP contribution >= 0.6 is 0 Å². The van der Waals surface area contributed by atoms with Crippen molar-refractivity contribution < 1.29 is 18.9 Å². The van der Waals surface area contributed by atoms with E-state index in [1.165, 1.54) is 0 Å². The second-order valence-electron chi connectivity index (χ2n) is 4.88. The Morgan fingerprint density at radius 2 is 1.09 bits per heavy atom. The molecule has 1 aromatic rings. The van der Waals surface area contributed by atoms with Gasteiger partial charge in [-0.15, -0.1) is 0 Å². The zero-order valence-electron chi connectivity index (χ0n) is 13.6. The molecular weight excluding hydrogens is 284 g/mol. The normalized spacial score (nSPS) is 10.7. The van der Waals surface area contributed by atoms with Crippen molar-refractivity contribution in [2.45, 2.75) is 13.8 Å². The molecule has 0 radical (unpaired) electrons. The molecule has 0 bridgehead atoms. The molecule has 126 valence electrons. The molecule has 6 nitrogen and oxygen atoms in total. The minimum atomic E-state index is 0.507. The average Bonchev–Trinajstić information content (AvgIpc) is 2.51. The maximum absolute atomic E-state index is 5.72. The first-order chi connectivity index (χ1) is 10.7. The van der Waals surface area contributed by atoms with Gasteiger partial charge in [-0.2, -0.15) is 0 Å². The summed E-state index contributed by atoms with van der Waals surface area (Å²) in [7, 11) is 0. The van der Waals surface area contributed by atoms with Gasteiger partial charge in [0.2, 0.25) is 0 Å². The standard InChI is InChI=1S/C16H28N2O4/c1-13-11-16(22-10-8-20-6-4-18)14(2)12-15(13)21-9-7-19-5-3-17/h11-12H,3-10,17-18H2,1-2H3. The molecule has 0 atom stereocenters. The van der Waals surface area contributed by atoms with Gasteiger partial charge in [0, 0.05) is 13.1 Å². The van der Waals surface area contributed by atoms with Crippen LogP contribution in [0, 0.1) is 13.8 Å². The molecule has 0 aliphatic rings. The van der Waals surface area contributed by atoms with Gasteiger partial charge in [0.25, 0.3) is 0 Å². The van der Waals surface area contributed by atoms with Crippen molar-refractivity contribution >= 4 is 0 Å². The van der Waals surface area contributed by atoms with Gasteiger partial charge in [0.05, 0.1) is 26.4 Å². The van der Waals surface area contributed by atoms with Gasteiger partial charge in [0.15, 0.2) is 0 Å². The number of hydrogen-bond donors (Lipinski definition) is 2. The lowest BCUT2D eigenvalue weighted by molar-refractivity contribution is 0.104. The first kappa shape index (κ1) is 18.7. The highest BCUT2D eigenvalue weighted by Gasteiger charge is 2.07. The fourth-order valence-corrected chi connectivity index (χ4v) is 1.87. The van der Waals surface area contributed by atoms with E-state index in [9.17, 15) is 0 Å². The van der Waals surface area contributed by atoms with Gasteiger partial charge in [-0.3, -0.25) is 0 Å². The van der Waals surface area contributed by atoms with Gasteiger partial charge in [-0.05, 0) is 37.1 Å². The Bertz CT molecular complexity index is 387. The molecule has 0 unspecified atom stereocenters. The zero-order chi connectivity index (χ0) is 16.2. The molecule has 0 heterocycles. The lowest BCUT2D eigenvalue weighted by atomic mass is 10.1. The van der Waals surface area contributed by atoms with Crippen LogP contribution in [0.2, 0.25) is 0 Å². The Morgan fingerprint density at radius 3 is 1.45 bits per heavy atom. The third-order valence-corrected chi connectivity index (χ3v) is 2.97. The number of hydrogen-bond acceptors (Lipinski definition) is 6. The van der Waals surface area contributed by atoms with Crippen LogP contribution in [0.15, 0.2) is 12.1 Å². The Labute approximate surface area is 132 Å². The lowest BCUT2D eigenvalue weighted by Gasteiger charge is -2.14. The molecule has 22 heavy (non-hydrogen) atoms. The third kappa shape index (κ3) is 7.09. The van der Waals surface area contributed by atoms with E-state index in [2.05, 4.69) is 0 Å². The monoisotopic (exact) mass is 312 g/mol. The first-order valence-corrected chi connectivity index (χ1v) is 7.61. The Balaban J connectivity index is 2.42. The largest absolute Gasteiger partial charge is 0.491 e. The van der Waals surface area contributed by atoms with Gasteiger partial charge in [-0.1, -0.05) is 0 Å². The van der Waals surface area contributed by atoms with Crippen molar-refractivity contribution in [3.8, 4) is 11.5 Å². The highest BCUT2D eigenvalue weighted by Crippen LogP contribution is 2.27. The number of ether oxygens (including phenoxy) is 4. The molecule has 0 saturated heterocycles. The van der Waals surface area contributed by atoms with Crippen LogP contribution in [0.3, 0.4) is 0 Å². The van der Waals surface area contributed by atoms with E-state index in [1.54, 1.807) is 0 Å². The van der Waals surface area contributed by atoms with Crippen molar-refractivity contribution in [1.82, 2.24) is 0 Å². The highest BCUT2D eigenvalue weighted by atomic mass is 16.5. The summed E-state index contributed by atoms with van der Waals surface area (Å²) in [5.41, 5.74) is 12.8. The van der Waals surface area contributed by atoms with Crippen LogP contribution in [0.5, 0.6) is 11.5 Å². The molecule has 1 aromatic carbocycles. The third-order valence-electron chi connectivity index (χ3n) is 2.97. The first-order valence-electron chi connectivity index (χ1n) is 7.61. The molecule has 0 amide bonds. The topological polar surface area (TPSA) is 89.0 Å². The maximum atomic E-state index is 5.72. The second-order valence-corrected chi connectivity index (χ2v) is 4.88. The summed E-state index contributed by atoms with van der Waals surface area (Å²) in [6, 6.07) is 3.96. The molecule has 0 aliphatic carbocycles. The van der Waals surface area contributed by atoms with Crippen molar-refractivity contribution in [1.29, 1.82) is 0 Å². The highest BCUT2D eigenvalue weighted by molar-refractivity contribution is 5.45. The Morgan fingerprint density at radius 1 is 0.682 bits per heavy atom. The molecule has 0 aliphatic heterocycles. The second kappa shape index (κ2) is 11.3. The summed E-state index contributed by atoms with van der Waals surface area (Å²) >= 11 is 0. The average molecular weight is 312 g/mol. The van der Waals surface area contributed by atoms with Gasteiger partial charge >= 0.3 is 0 Å². The smallest absolute Gasteiger partial charge is 0.122 e. The number of nitrogens with two attached hydrogens (primary N) is 2. The van der Waals surface area contributed by atoms with Crippen LogP contribution < -0.4 is 20.9 Å². The van der Waals surface area contributed by atoms with Crippen LogP contribution in [0.1, 0.15) is 11.1 Å². The molecule has 0 saturated carbocycles. The van der Waals surface area contributed by atoms with E-state index >= 15 is 0 Å². The summed E-state index contributed by atoms with van der Waals surface area (Å²) < 4.78 is 22.0. The summed E-state index contributed by atoms with van der Waals surface area (Å²) in [5.74, 6) is 1.70. The van der Waals surface area contributed by atoms with E-state index in [1.807, 2.05) is 26.0 Å². The summed E-state index contributed by atoms with van der Waals surface area (Å²) in [4.78, 5) is 0. The summed E-state index contributed by atoms with van der Waals surface area (Å²) in [6.45, 7) is 8.24. The molecule has 0 aromatic heterocycles. The fourth-order valence-electron chi connectivity index (χ4n) is 1.87. The van der Waals surface area contributed by atoms with Crippen LogP contribution in [-0.4, -0.2) is 52.7 Å². The summed E-state index contributed by atoms with van der Waals surface area (Å²) in [5, 5.41) is 0. The van der Waals surface area contributed by atoms with E-state index in [0.717, 1.165) is 22.6 Å². The van der Waals surface area contributed by atoms with Crippen LogP contribution in [0.4, 0.5) is 0 Å². The maximum Gasteiger partial charge on any atom is 0.122 e. The van der Waals surface area contributed by atoms with Crippen molar-refractivity contribution in [3.05, 3.63) is 23.3 Å². The number of aryl methyl sites for hydroxylation is 2. The van der Waals surface area contributed by atoms with Gasteiger partial charge in [-0.25, -0.2) is 0 Å². The van der Waals surface area contributed by atoms with Crippen LogP contribution in [-0.2, 0) is 9.47 Å². The summed E-state index contributed by atoms with van der Waals surface area (Å²) in [6.07, 6.45) is 0. The Hall–Kier alpha value is -1.34. The van der Waals surface area contributed by atoms with Crippen molar-refractivity contribution in [3.63, 3.8) is 0 Å². The van der Waals surface area contributed by atoms with Crippen LogP contribution in [0.25, 0.3) is 0 Å². The minimum absolute atomic E-state index is 0.507. The molecule has 4 N–H and O–H groups in total. The zero-order valence-corrected chi connectivity index (χ0v) is 13.6. The lowest BCUT2D eigenvalue weighted by Crippen LogP contribution is -2.14. The van der Waals surface area contributed by atoms with Crippen molar-refractivity contribution in [2.24, 2.45) is 11.5 Å². The molecule has 0 fully saturated rings. The molecular formula is C16H28N2O4. The Kier molecular flexibility index (Phi) is 9.57. The molecule has 1 rings (SSSR count). The van der Waals surface area contributed by atoms with Crippen molar-refractivity contribution in [2.75, 3.05) is 52.7 Å². The predicted molar refractivity (Wildman–Crippen MR) is 86.7 cm³/mol. The molecule has 0 spiro atoms. The predicted octanol–water partition coefficient (Wildman–Crippen LogP) is 1.01. The number of rotatable bonds is 12. The fraction of sp³-hybridized carbons (Fsp3) is 0.625.